The molecule has 0 aliphatic carbocycles. The Morgan fingerprint density at radius 1 is 0.861 bits per heavy atom. The fraction of sp³-hybridized carbons (Fsp3) is 0.129. The molecule has 0 saturated heterocycles. The first-order valence-electron chi connectivity index (χ1n) is 11.9. The monoisotopic (exact) mass is 553 g/mol. The van der Waals surface area contributed by atoms with Crippen LogP contribution in [0.5, 0.6) is 0 Å². The number of ether oxygens (including phenoxy) is 1. The Hall–Kier alpha value is -3.28. The molecule has 2 heterocycles. The molecule has 5 heteroatoms. The van der Waals surface area contributed by atoms with Crippen LogP contribution in [0.1, 0.15) is 35.3 Å². The van der Waals surface area contributed by atoms with Crippen molar-refractivity contribution in [2.75, 3.05) is 4.90 Å². The van der Waals surface area contributed by atoms with Crippen molar-refractivity contribution in [3.05, 3.63) is 136 Å². The molecular weight excluding hydrogens is 530 g/mol. The van der Waals surface area contributed by atoms with E-state index in [-0.39, 0.29) is 11.2 Å². The number of anilines is 1. The Bertz CT molecular complexity index is 1450. The summed E-state index contributed by atoms with van der Waals surface area (Å²) in [4.78, 5) is 17.5. The molecule has 0 radical (unpaired) electrons. The van der Waals surface area contributed by atoms with Crippen LogP contribution in [0, 0.1) is 0 Å². The molecule has 2 unspecified atom stereocenters. The van der Waals surface area contributed by atoms with Gasteiger partial charge in [-0.3, -0.25) is 9.69 Å². The van der Waals surface area contributed by atoms with Crippen molar-refractivity contribution in [2.45, 2.75) is 29.2 Å². The minimum absolute atomic E-state index is 0.0432. The van der Waals surface area contributed by atoms with Crippen molar-refractivity contribution in [1.82, 2.24) is 0 Å². The first-order valence-corrected chi connectivity index (χ1v) is 13.6. The van der Waals surface area contributed by atoms with Gasteiger partial charge in [0.2, 0.25) is 5.72 Å². The van der Waals surface area contributed by atoms with Crippen LogP contribution in [0.25, 0.3) is 5.57 Å². The Kier molecular flexibility index (Phi) is 5.98. The number of benzene rings is 4. The lowest BCUT2D eigenvalue weighted by Gasteiger charge is -2.47. The van der Waals surface area contributed by atoms with E-state index in [1.807, 2.05) is 78.6 Å². The number of rotatable bonds is 3. The molecule has 0 aromatic heterocycles. The first-order chi connectivity index (χ1) is 17.6. The highest BCUT2D eigenvalue weighted by Gasteiger charge is 2.53. The standard InChI is InChI=1S/C31H24BrNO2S/c1-21-29(23-10-4-2-5-11-23)30(34)33-26-14-8-9-15-27(26)36-28(22-16-18-25(32)19-17-22)20-31(33,35-21)24-12-6-3-7-13-24/h2-19,28H,20H2,1H3. The zero-order chi connectivity index (χ0) is 24.7. The minimum atomic E-state index is -0.988. The van der Waals surface area contributed by atoms with Gasteiger partial charge in [-0.2, -0.15) is 0 Å². The molecule has 4 aromatic carbocycles. The third-order valence-corrected chi connectivity index (χ3v) is 8.67. The number of amides is 1. The zero-order valence-electron chi connectivity index (χ0n) is 19.7. The second-order valence-corrected chi connectivity index (χ2v) is 11.2. The Morgan fingerprint density at radius 2 is 1.50 bits per heavy atom. The van der Waals surface area contributed by atoms with Gasteiger partial charge in [-0.05, 0) is 42.3 Å². The molecule has 1 amide bonds. The number of fused-ring (bicyclic) bond motifs is 3. The lowest BCUT2D eigenvalue weighted by atomic mass is 9.89. The number of allylic oxidation sites excluding steroid dienone is 1. The molecule has 0 fully saturated rings. The van der Waals surface area contributed by atoms with Crippen molar-refractivity contribution in [3.63, 3.8) is 0 Å². The van der Waals surface area contributed by atoms with Crippen LogP contribution in [0.4, 0.5) is 5.69 Å². The summed E-state index contributed by atoms with van der Waals surface area (Å²) < 4.78 is 8.02. The molecular formula is C31H24BrNO2S. The van der Waals surface area contributed by atoms with Gasteiger partial charge in [-0.1, -0.05) is 101 Å². The van der Waals surface area contributed by atoms with E-state index in [1.165, 1.54) is 5.56 Å². The van der Waals surface area contributed by atoms with E-state index in [2.05, 4.69) is 58.4 Å². The highest BCUT2D eigenvalue weighted by atomic mass is 79.9. The van der Waals surface area contributed by atoms with E-state index in [0.29, 0.717) is 17.8 Å². The summed E-state index contributed by atoms with van der Waals surface area (Å²) in [5.74, 6) is 0.601. The van der Waals surface area contributed by atoms with Gasteiger partial charge in [0, 0.05) is 26.6 Å². The second-order valence-electron chi connectivity index (χ2n) is 9.02. The van der Waals surface area contributed by atoms with Gasteiger partial charge in [0.25, 0.3) is 5.91 Å². The van der Waals surface area contributed by atoms with Gasteiger partial charge in [0.1, 0.15) is 5.76 Å². The number of hydrogen-bond acceptors (Lipinski definition) is 3. The van der Waals surface area contributed by atoms with Crippen molar-refractivity contribution in [2.24, 2.45) is 0 Å². The summed E-state index contributed by atoms with van der Waals surface area (Å²) in [5, 5.41) is 0.0725. The van der Waals surface area contributed by atoms with Crippen molar-refractivity contribution >= 4 is 44.9 Å². The number of thioether (sulfide) groups is 1. The summed E-state index contributed by atoms with van der Waals surface area (Å²) in [6.07, 6.45) is 0.600. The highest BCUT2D eigenvalue weighted by Crippen LogP contribution is 2.56. The maximum atomic E-state index is 14.5. The summed E-state index contributed by atoms with van der Waals surface area (Å²) in [5.41, 5.74) is 3.50. The van der Waals surface area contributed by atoms with Crippen LogP contribution >= 0.6 is 27.7 Å². The largest absolute Gasteiger partial charge is 0.467 e. The predicted octanol–water partition coefficient (Wildman–Crippen LogP) is 8.33. The smallest absolute Gasteiger partial charge is 0.265 e. The van der Waals surface area contributed by atoms with E-state index >= 15 is 0 Å². The third kappa shape index (κ3) is 3.87. The average molecular weight is 555 g/mol. The lowest BCUT2D eigenvalue weighted by Crippen LogP contribution is -2.55. The van der Waals surface area contributed by atoms with Crippen LogP contribution in [0.15, 0.2) is 124 Å². The topological polar surface area (TPSA) is 29.5 Å². The molecule has 3 nitrogen and oxygen atoms in total. The summed E-state index contributed by atoms with van der Waals surface area (Å²) in [6, 6.07) is 36.6. The Morgan fingerprint density at radius 3 is 2.22 bits per heavy atom. The molecule has 178 valence electrons. The molecule has 6 rings (SSSR count). The normalized spacial score (nSPS) is 21.3. The van der Waals surface area contributed by atoms with E-state index in [1.54, 1.807) is 11.8 Å². The summed E-state index contributed by atoms with van der Waals surface area (Å²) in [7, 11) is 0. The molecule has 0 bridgehead atoms. The molecule has 0 saturated carbocycles. The van der Waals surface area contributed by atoms with Gasteiger partial charge in [0.15, 0.2) is 0 Å². The molecule has 0 spiro atoms. The highest BCUT2D eigenvalue weighted by molar-refractivity contribution is 9.10. The molecule has 2 aliphatic rings. The zero-order valence-corrected chi connectivity index (χ0v) is 22.1. The predicted molar refractivity (Wildman–Crippen MR) is 150 cm³/mol. The average Bonchev–Trinajstić information content (AvgIpc) is 3.05. The van der Waals surface area contributed by atoms with Gasteiger partial charge < -0.3 is 4.74 Å². The maximum absolute atomic E-state index is 14.5. The summed E-state index contributed by atoms with van der Waals surface area (Å²) in [6.45, 7) is 1.92. The quantitative estimate of drug-likeness (QED) is 0.255. The Balaban J connectivity index is 1.61. The number of carbonyl (C=O) groups excluding carboxylic acids is 1. The number of nitrogens with zero attached hydrogens (tertiary/aromatic N) is 1. The number of para-hydroxylation sites is 1. The van der Waals surface area contributed by atoms with Gasteiger partial charge in [0.05, 0.1) is 11.3 Å². The molecule has 4 aromatic rings. The van der Waals surface area contributed by atoms with E-state index < -0.39 is 5.72 Å². The van der Waals surface area contributed by atoms with E-state index in [0.717, 1.165) is 26.2 Å². The van der Waals surface area contributed by atoms with Crippen LogP contribution in [0.2, 0.25) is 0 Å². The van der Waals surface area contributed by atoms with Crippen LogP contribution in [-0.4, -0.2) is 5.91 Å². The van der Waals surface area contributed by atoms with Gasteiger partial charge >= 0.3 is 0 Å². The second kappa shape index (κ2) is 9.30. The summed E-state index contributed by atoms with van der Waals surface area (Å²) >= 11 is 5.36. The van der Waals surface area contributed by atoms with Crippen LogP contribution < -0.4 is 4.90 Å². The maximum Gasteiger partial charge on any atom is 0.265 e. The van der Waals surface area contributed by atoms with Crippen molar-refractivity contribution in [1.29, 1.82) is 0 Å². The van der Waals surface area contributed by atoms with Gasteiger partial charge in [-0.15, -0.1) is 11.8 Å². The minimum Gasteiger partial charge on any atom is -0.467 e. The van der Waals surface area contributed by atoms with Crippen LogP contribution in [0.3, 0.4) is 0 Å². The number of hydrogen-bond donors (Lipinski definition) is 0. The third-order valence-electron chi connectivity index (χ3n) is 6.82. The molecule has 36 heavy (non-hydrogen) atoms. The number of carbonyl (C=O) groups is 1. The fourth-order valence-electron chi connectivity index (χ4n) is 5.20. The van der Waals surface area contributed by atoms with Crippen molar-refractivity contribution < 1.29 is 9.53 Å². The Labute approximate surface area is 223 Å². The van der Waals surface area contributed by atoms with E-state index in [9.17, 15) is 4.79 Å². The van der Waals surface area contributed by atoms with Crippen molar-refractivity contribution in [3.8, 4) is 0 Å². The lowest BCUT2D eigenvalue weighted by molar-refractivity contribution is -0.123. The fourth-order valence-corrected chi connectivity index (χ4v) is 6.81. The van der Waals surface area contributed by atoms with Gasteiger partial charge in [-0.25, -0.2) is 0 Å². The SMILES string of the molecule is CC1=C(c2ccccc2)C(=O)N2c3ccccc3SC(c3ccc(Br)cc3)CC2(c2ccccc2)O1. The molecule has 2 aliphatic heterocycles. The molecule has 0 N–H and O–H groups in total. The van der Waals surface area contributed by atoms with E-state index in [4.69, 9.17) is 4.74 Å². The number of halogens is 1. The van der Waals surface area contributed by atoms with Crippen LogP contribution in [-0.2, 0) is 15.3 Å². The molecule has 2 atom stereocenters. The first kappa shape index (κ1) is 23.1.